The van der Waals surface area contributed by atoms with Crippen molar-refractivity contribution in [2.45, 2.75) is 181 Å². The highest BCUT2D eigenvalue weighted by molar-refractivity contribution is 5.66. The summed E-state index contributed by atoms with van der Waals surface area (Å²) < 4.78 is 4.50. The maximum absolute atomic E-state index is 10.3. The SMILES string of the molecule is C1CO1.CCCCCCCCCCCC(=O)O.CCCCCCCCCCCCCCCCCC(=O)O. The summed E-state index contributed by atoms with van der Waals surface area (Å²) in [6, 6.07) is 0. The van der Waals surface area contributed by atoms with Gasteiger partial charge >= 0.3 is 11.9 Å². The molecule has 0 unspecified atom stereocenters. The molecule has 0 amide bonds. The summed E-state index contributed by atoms with van der Waals surface area (Å²) in [5, 5.41) is 16.9. The van der Waals surface area contributed by atoms with Gasteiger partial charge in [0.2, 0.25) is 0 Å². The van der Waals surface area contributed by atoms with E-state index in [2.05, 4.69) is 18.6 Å². The smallest absolute Gasteiger partial charge is 0.303 e. The quantitative estimate of drug-likeness (QED) is 0.0861. The van der Waals surface area contributed by atoms with Gasteiger partial charge in [-0.2, -0.15) is 0 Å². The molecule has 1 aliphatic heterocycles. The van der Waals surface area contributed by atoms with E-state index >= 15 is 0 Å². The van der Waals surface area contributed by atoms with E-state index in [1.165, 1.54) is 128 Å². The van der Waals surface area contributed by atoms with Gasteiger partial charge in [0.15, 0.2) is 0 Å². The minimum Gasteiger partial charge on any atom is -0.481 e. The molecular formula is C32H64O5. The van der Waals surface area contributed by atoms with E-state index in [1.54, 1.807) is 0 Å². The molecule has 1 aliphatic rings. The molecule has 5 heteroatoms. The zero-order valence-corrected chi connectivity index (χ0v) is 24.9. The Bertz CT molecular complexity index is 448. The van der Waals surface area contributed by atoms with Gasteiger partial charge in [0.05, 0.1) is 13.2 Å². The van der Waals surface area contributed by atoms with Gasteiger partial charge in [-0.05, 0) is 12.8 Å². The second kappa shape index (κ2) is 34.9. The zero-order chi connectivity index (χ0) is 27.7. The number of carbonyl (C=O) groups is 2. The van der Waals surface area contributed by atoms with Crippen LogP contribution in [-0.4, -0.2) is 35.4 Å². The molecule has 0 bridgehead atoms. The van der Waals surface area contributed by atoms with Crippen LogP contribution in [-0.2, 0) is 14.3 Å². The van der Waals surface area contributed by atoms with E-state index in [9.17, 15) is 9.59 Å². The van der Waals surface area contributed by atoms with Crippen LogP contribution in [0.5, 0.6) is 0 Å². The molecule has 5 nitrogen and oxygen atoms in total. The summed E-state index contributed by atoms with van der Waals surface area (Å²) in [7, 11) is 0. The normalized spacial score (nSPS) is 11.7. The Labute approximate surface area is 230 Å². The number of epoxide rings is 1. The fourth-order valence-electron chi connectivity index (χ4n) is 4.23. The molecule has 0 aliphatic carbocycles. The molecule has 0 atom stereocenters. The Morgan fingerprint density at radius 2 is 0.622 bits per heavy atom. The number of carboxylic acids is 2. The zero-order valence-electron chi connectivity index (χ0n) is 24.9. The maximum atomic E-state index is 10.3. The largest absolute Gasteiger partial charge is 0.481 e. The van der Waals surface area contributed by atoms with Crippen molar-refractivity contribution in [3.8, 4) is 0 Å². The third-order valence-electron chi connectivity index (χ3n) is 6.69. The number of unbranched alkanes of at least 4 members (excludes halogenated alkanes) is 22. The molecular weight excluding hydrogens is 464 g/mol. The van der Waals surface area contributed by atoms with Crippen LogP contribution in [0.15, 0.2) is 0 Å². The Balaban J connectivity index is 0. The van der Waals surface area contributed by atoms with Gasteiger partial charge in [0.1, 0.15) is 0 Å². The van der Waals surface area contributed by atoms with Gasteiger partial charge in [0, 0.05) is 12.8 Å². The molecule has 1 heterocycles. The van der Waals surface area contributed by atoms with Crippen molar-refractivity contribution in [1.82, 2.24) is 0 Å². The van der Waals surface area contributed by atoms with E-state index in [0.717, 1.165) is 38.9 Å². The predicted molar refractivity (Wildman–Crippen MR) is 157 cm³/mol. The first-order chi connectivity index (χ1) is 18.0. The molecule has 0 saturated carbocycles. The second-order valence-electron chi connectivity index (χ2n) is 10.7. The van der Waals surface area contributed by atoms with Gasteiger partial charge in [-0.1, -0.05) is 155 Å². The summed E-state index contributed by atoms with van der Waals surface area (Å²) in [5.41, 5.74) is 0. The Hall–Kier alpha value is -1.10. The summed E-state index contributed by atoms with van der Waals surface area (Å²) >= 11 is 0. The van der Waals surface area contributed by atoms with Crippen LogP contribution >= 0.6 is 0 Å². The highest BCUT2D eigenvalue weighted by atomic mass is 16.6. The van der Waals surface area contributed by atoms with E-state index in [4.69, 9.17) is 10.2 Å². The van der Waals surface area contributed by atoms with Crippen molar-refractivity contribution in [3.63, 3.8) is 0 Å². The van der Waals surface area contributed by atoms with Crippen LogP contribution in [0.2, 0.25) is 0 Å². The Morgan fingerprint density at radius 3 is 0.784 bits per heavy atom. The summed E-state index contributed by atoms with van der Waals surface area (Å²) in [5.74, 6) is -1.31. The number of ether oxygens (including phenoxy) is 1. The van der Waals surface area contributed by atoms with Crippen molar-refractivity contribution in [2.75, 3.05) is 13.2 Å². The number of aliphatic carboxylic acids is 2. The highest BCUT2D eigenvalue weighted by Crippen LogP contribution is 2.14. The molecule has 0 aromatic heterocycles. The van der Waals surface area contributed by atoms with Crippen LogP contribution in [0.4, 0.5) is 0 Å². The summed E-state index contributed by atoms with van der Waals surface area (Å²) in [6.45, 7) is 6.50. The van der Waals surface area contributed by atoms with E-state index in [1.807, 2.05) is 0 Å². The van der Waals surface area contributed by atoms with Gasteiger partial charge in [-0.15, -0.1) is 0 Å². The molecule has 0 spiro atoms. The average Bonchev–Trinajstić information content (AvgIpc) is 3.75. The molecule has 0 aromatic carbocycles. The van der Waals surface area contributed by atoms with E-state index in [-0.39, 0.29) is 0 Å². The third kappa shape index (κ3) is 48.5. The lowest BCUT2D eigenvalue weighted by molar-refractivity contribution is -0.138. The first-order valence-corrected chi connectivity index (χ1v) is 16.1. The topological polar surface area (TPSA) is 87.1 Å². The van der Waals surface area contributed by atoms with Gasteiger partial charge in [-0.25, -0.2) is 0 Å². The molecule has 1 fully saturated rings. The molecule has 0 aromatic rings. The third-order valence-corrected chi connectivity index (χ3v) is 6.69. The molecule has 222 valence electrons. The van der Waals surface area contributed by atoms with Crippen LogP contribution < -0.4 is 0 Å². The van der Waals surface area contributed by atoms with Crippen molar-refractivity contribution < 1.29 is 24.5 Å². The van der Waals surface area contributed by atoms with Crippen LogP contribution in [0, 0.1) is 0 Å². The molecule has 0 radical (unpaired) electrons. The van der Waals surface area contributed by atoms with Crippen LogP contribution in [0.25, 0.3) is 0 Å². The lowest BCUT2D eigenvalue weighted by Gasteiger charge is -2.03. The molecule has 37 heavy (non-hydrogen) atoms. The standard InChI is InChI=1S/C18H36O2.C12H24O2.C2H4O/c1-2-3-4-5-6-7-8-9-10-11-12-13-14-15-16-17-18(19)20;1-2-3-4-5-6-7-8-9-10-11-12(13)14;1-2-3-1/h2-17H2,1H3,(H,19,20);2-11H2,1H3,(H,13,14);1-2H2. The van der Waals surface area contributed by atoms with Crippen LogP contribution in [0.1, 0.15) is 181 Å². The predicted octanol–water partition coefficient (Wildman–Crippen LogP) is 10.3. The lowest BCUT2D eigenvalue weighted by atomic mass is 10.0. The van der Waals surface area contributed by atoms with E-state index < -0.39 is 11.9 Å². The molecule has 1 rings (SSSR count). The van der Waals surface area contributed by atoms with Crippen molar-refractivity contribution in [2.24, 2.45) is 0 Å². The molecule has 1 saturated heterocycles. The lowest BCUT2D eigenvalue weighted by Crippen LogP contribution is -1.93. The van der Waals surface area contributed by atoms with Gasteiger partial charge < -0.3 is 14.9 Å². The number of hydrogen-bond acceptors (Lipinski definition) is 3. The first-order valence-electron chi connectivity index (χ1n) is 16.1. The maximum Gasteiger partial charge on any atom is 0.303 e. The first kappa shape index (κ1) is 38.0. The fraction of sp³-hybridized carbons (Fsp3) is 0.938. The Morgan fingerprint density at radius 1 is 0.432 bits per heavy atom. The number of rotatable bonds is 26. The molecule has 2 N–H and O–H groups in total. The van der Waals surface area contributed by atoms with Crippen LogP contribution in [0.3, 0.4) is 0 Å². The Kier molecular flexibility index (Phi) is 35.9. The van der Waals surface area contributed by atoms with Gasteiger partial charge in [0.25, 0.3) is 0 Å². The van der Waals surface area contributed by atoms with Crippen molar-refractivity contribution in [3.05, 3.63) is 0 Å². The average molecular weight is 529 g/mol. The van der Waals surface area contributed by atoms with Crippen molar-refractivity contribution >= 4 is 11.9 Å². The number of carboxylic acid groups (broad SMARTS) is 2. The fourth-order valence-corrected chi connectivity index (χ4v) is 4.23. The minimum atomic E-state index is -0.659. The van der Waals surface area contributed by atoms with E-state index in [0.29, 0.717) is 12.8 Å². The number of hydrogen-bond donors (Lipinski definition) is 2. The highest BCUT2D eigenvalue weighted by Gasteiger charge is 1.98. The second-order valence-corrected chi connectivity index (χ2v) is 10.7. The minimum absolute atomic E-state index is 0.343. The summed E-state index contributed by atoms with van der Waals surface area (Å²) in [4.78, 5) is 20.5. The summed E-state index contributed by atoms with van der Waals surface area (Å²) in [6.07, 6.45) is 31.7. The monoisotopic (exact) mass is 528 g/mol. The van der Waals surface area contributed by atoms with Gasteiger partial charge in [-0.3, -0.25) is 9.59 Å². The van der Waals surface area contributed by atoms with Crippen molar-refractivity contribution in [1.29, 1.82) is 0 Å².